The highest BCUT2D eigenvalue weighted by Crippen LogP contribution is 2.30. The van der Waals surface area contributed by atoms with E-state index in [2.05, 4.69) is 15.0 Å². The van der Waals surface area contributed by atoms with E-state index < -0.39 is 0 Å². The van der Waals surface area contributed by atoms with Crippen molar-refractivity contribution in [2.45, 2.75) is 32.3 Å². The molecule has 0 spiro atoms. The molecule has 0 aliphatic heterocycles. The summed E-state index contributed by atoms with van der Waals surface area (Å²) in [7, 11) is 0. The number of para-hydroxylation sites is 1. The van der Waals surface area contributed by atoms with Crippen LogP contribution in [0.1, 0.15) is 40.3 Å². The Morgan fingerprint density at radius 2 is 1.93 bits per heavy atom. The zero-order chi connectivity index (χ0) is 19.1. The number of esters is 1. The number of nitrogen functional groups attached to an aromatic ring is 1. The van der Waals surface area contributed by atoms with Crippen molar-refractivity contribution < 1.29 is 9.53 Å². The van der Waals surface area contributed by atoms with Crippen LogP contribution in [0.5, 0.6) is 0 Å². The van der Waals surface area contributed by atoms with Gasteiger partial charge < -0.3 is 15.5 Å². The molecule has 0 bridgehead atoms. The number of aromatic nitrogens is 3. The fourth-order valence-electron chi connectivity index (χ4n) is 3.96. The molecule has 0 atom stereocenters. The maximum absolute atomic E-state index is 12.6. The number of aryl methyl sites for hydroxylation is 2. The van der Waals surface area contributed by atoms with Crippen molar-refractivity contribution in [1.29, 1.82) is 0 Å². The number of rotatable bonds is 3. The number of benzene rings is 2. The van der Waals surface area contributed by atoms with Crippen LogP contribution < -0.4 is 5.73 Å². The Balaban J connectivity index is 1.38. The van der Waals surface area contributed by atoms with E-state index >= 15 is 0 Å². The van der Waals surface area contributed by atoms with E-state index in [0.717, 1.165) is 34.6 Å². The molecule has 1 aliphatic carbocycles. The Morgan fingerprint density at radius 3 is 2.86 bits per heavy atom. The number of hydrogen-bond acceptors (Lipinski definition) is 5. The van der Waals surface area contributed by atoms with Gasteiger partial charge in [0.25, 0.3) is 0 Å². The number of nitrogens with two attached hydrogens (primary N) is 1. The number of anilines is 1. The molecule has 0 radical (unpaired) electrons. The molecule has 2 aromatic carbocycles. The number of nitrogens with zero attached hydrogens (tertiary/aromatic N) is 2. The Kier molecular flexibility index (Phi) is 3.97. The molecule has 3 N–H and O–H groups in total. The average molecular weight is 372 g/mol. The van der Waals surface area contributed by atoms with E-state index in [1.807, 2.05) is 36.4 Å². The van der Waals surface area contributed by atoms with Crippen LogP contribution in [0, 0.1) is 0 Å². The van der Waals surface area contributed by atoms with E-state index in [-0.39, 0.29) is 12.6 Å². The molecule has 2 heterocycles. The van der Waals surface area contributed by atoms with Gasteiger partial charge in [0.2, 0.25) is 0 Å². The SMILES string of the molecule is Nc1nc(COC(=O)c2ccc3[nH]c4c(c3c2)CCCC4)nc2ccccc12. The molecule has 2 aromatic heterocycles. The van der Waals surface area contributed by atoms with Crippen molar-refractivity contribution in [2.24, 2.45) is 0 Å². The van der Waals surface area contributed by atoms with Gasteiger partial charge in [-0.2, -0.15) is 0 Å². The van der Waals surface area contributed by atoms with Crippen LogP contribution in [0.4, 0.5) is 5.82 Å². The van der Waals surface area contributed by atoms with Gasteiger partial charge in [-0.1, -0.05) is 12.1 Å². The third kappa shape index (κ3) is 2.87. The second kappa shape index (κ2) is 6.64. The van der Waals surface area contributed by atoms with Gasteiger partial charge in [0.15, 0.2) is 12.4 Å². The highest BCUT2D eigenvalue weighted by molar-refractivity contribution is 5.96. The highest BCUT2D eigenvalue weighted by atomic mass is 16.5. The van der Waals surface area contributed by atoms with Gasteiger partial charge in [0.05, 0.1) is 11.1 Å². The van der Waals surface area contributed by atoms with Gasteiger partial charge in [0, 0.05) is 22.0 Å². The van der Waals surface area contributed by atoms with E-state index in [0.29, 0.717) is 17.2 Å². The third-order valence-electron chi connectivity index (χ3n) is 5.35. The molecule has 4 aromatic rings. The molecule has 1 aliphatic rings. The lowest BCUT2D eigenvalue weighted by molar-refractivity contribution is 0.0463. The van der Waals surface area contributed by atoms with Crippen LogP contribution in [-0.4, -0.2) is 20.9 Å². The molecule has 0 saturated carbocycles. The molecule has 140 valence electrons. The molecule has 6 heteroatoms. The minimum Gasteiger partial charge on any atom is -0.454 e. The first-order valence-corrected chi connectivity index (χ1v) is 9.51. The molecule has 0 saturated heterocycles. The summed E-state index contributed by atoms with van der Waals surface area (Å²) in [5, 5.41) is 1.91. The minimum absolute atomic E-state index is 0.0167. The predicted octanol–water partition coefficient (Wildman–Crippen LogP) is 3.93. The van der Waals surface area contributed by atoms with Crippen LogP contribution >= 0.6 is 0 Å². The van der Waals surface area contributed by atoms with Crippen LogP contribution in [0.2, 0.25) is 0 Å². The number of fused-ring (bicyclic) bond motifs is 4. The molecular weight excluding hydrogens is 352 g/mol. The van der Waals surface area contributed by atoms with E-state index in [1.165, 1.54) is 24.1 Å². The van der Waals surface area contributed by atoms with E-state index in [1.54, 1.807) is 6.07 Å². The van der Waals surface area contributed by atoms with Crippen LogP contribution in [0.3, 0.4) is 0 Å². The summed E-state index contributed by atoms with van der Waals surface area (Å²) < 4.78 is 5.46. The molecule has 5 rings (SSSR count). The average Bonchev–Trinajstić information content (AvgIpc) is 3.10. The first kappa shape index (κ1) is 16.7. The second-order valence-corrected chi connectivity index (χ2v) is 7.17. The number of ether oxygens (including phenoxy) is 1. The summed E-state index contributed by atoms with van der Waals surface area (Å²) in [4.78, 5) is 24.7. The standard InChI is InChI=1S/C22H20N4O2/c23-21-15-6-2-4-8-18(15)25-20(26-21)12-28-22(27)13-9-10-19-16(11-13)14-5-1-3-7-17(14)24-19/h2,4,6,8-11,24H,1,3,5,7,12H2,(H2,23,25,26). The van der Waals surface area contributed by atoms with Crippen LogP contribution in [-0.2, 0) is 24.2 Å². The molecule has 0 unspecified atom stereocenters. The summed E-state index contributed by atoms with van der Waals surface area (Å²) in [5.74, 6) is 0.393. The Bertz CT molecular complexity index is 1210. The normalized spacial score (nSPS) is 13.6. The number of nitrogens with one attached hydrogen (secondary N) is 1. The lowest BCUT2D eigenvalue weighted by atomic mass is 9.95. The summed E-state index contributed by atoms with van der Waals surface area (Å²) in [6.45, 7) is -0.0167. The molecule has 28 heavy (non-hydrogen) atoms. The van der Waals surface area contributed by atoms with Crippen molar-refractivity contribution in [3.05, 3.63) is 65.1 Å². The van der Waals surface area contributed by atoms with Crippen LogP contribution in [0.25, 0.3) is 21.8 Å². The number of H-pyrrole nitrogens is 1. The first-order valence-electron chi connectivity index (χ1n) is 9.51. The highest BCUT2D eigenvalue weighted by Gasteiger charge is 2.17. The minimum atomic E-state index is -0.386. The largest absolute Gasteiger partial charge is 0.454 e. The maximum atomic E-state index is 12.6. The Morgan fingerprint density at radius 1 is 1.07 bits per heavy atom. The van der Waals surface area contributed by atoms with Gasteiger partial charge in [-0.25, -0.2) is 14.8 Å². The van der Waals surface area contributed by atoms with Crippen molar-refractivity contribution >= 4 is 33.6 Å². The quantitative estimate of drug-likeness (QED) is 0.532. The van der Waals surface area contributed by atoms with Crippen molar-refractivity contribution in [3.8, 4) is 0 Å². The van der Waals surface area contributed by atoms with Gasteiger partial charge in [-0.05, 0) is 61.6 Å². The number of aromatic amines is 1. The lowest BCUT2D eigenvalue weighted by Crippen LogP contribution is -2.09. The van der Waals surface area contributed by atoms with Gasteiger partial charge in [-0.15, -0.1) is 0 Å². The van der Waals surface area contributed by atoms with Crippen molar-refractivity contribution in [2.75, 3.05) is 5.73 Å². The monoisotopic (exact) mass is 372 g/mol. The van der Waals surface area contributed by atoms with Gasteiger partial charge >= 0.3 is 5.97 Å². The predicted molar refractivity (Wildman–Crippen MR) is 108 cm³/mol. The maximum Gasteiger partial charge on any atom is 0.338 e. The summed E-state index contributed by atoms with van der Waals surface area (Å²) in [5.41, 5.74) is 11.0. The molecule has 0 amide bonds. The summed E-state index contributed by atoms with van der Waals surface area (Å²) in [6, 6.07) is 13.2. The van der Waals surface area contributed by atoms with Crippen molar-refractivity contribution in [1.82, 2.24) is 15.0 Å². The smallest absolute Gasteiger partial charge is 0.338 e. The first-order chi connectivity index (χ1) is 13.7. The van der Waals surface area contributed by atoms with Crippen molar-refractivity contribution in [3.63, 3.8) is 0 Å². The van der Waals surface area contributed by atoms with Crippen LogP contribution in [0.15, 0.2) is 42.5 Å². The molecule has 6 nitrogen and oxygen atoms in total. The molecular formula is C22H20N4O2. The topological polar surface area (TPSA) is 93.9 Å². The second-order valence-electron chi connectivity index (χ2n) is 7.17. The zero-order valence-electron chi connectivity index (χ0n) is 15.4. The number of hydrogen-bond donors (Lipinski definition) is 2. The summed E-state index contributed by atoms with van der Waals surface area (Å²) in [6.07, 6.45) is 4.53. The fraction of sp³-hybridized carbons (Fsp3) is 0.227. The fourth-order valence-corrected chi connectivity index (χ4v) is 3.96. The number of carbonyl (C=O) groups is 1. The third-order valence-corrected chi connectivity index (χ3v) is 5.35. The Hall–Kier alpha value is -3.41. The number of carbonyl (C=O) groups excluding carboxylic acids is 1. The van der Waals surface area contributed by atoms with E-state index in [9.17, 15) is 4.79 Å². The summed E-state index contributed by atoms with van der Waals surface area (Å²) >= 11 is 0. The Labute approximate surface area is 161 Å². The lowest BCUT2D eigenvalue weighted by Gasteiger charge is -2.10. The van der Waals surface area contributed by atoms with Gasteiger partial charge in [-0.3, -0.25) is 0 Å². The van der Waals surface area contributed by atoms with E-state index in [4.69, 9.17) is 10.5 Å². The van der Waals surface area contributed by atoms with Gasteiger partial charge in [0.1, 0.15) is 5.82 Å². The molecule has 0 fully saturated rings. The zero-order valence-corrected chi connectivity index (χ0v) is 15.4.